The van der Waals surface area contributed by atoms with E-state index in [1.807, 2.05) is 0 Å². The maximum atomic E-state index is 12.6. The Balaban J connectivity index is 1.58. The molecule has 0 radical (unpaired) electrons. The molecule has 9 heteroatoms. The number of sulfonamides is 1. The minimum atomic E-state index is -3.59. The van der Waals surface area contributed by atoms with Crippen LogP contribution in [0, 0.1) is 0 Å². The van der Waals surface area contributed by atoms with Crippen LogP contribution in [-0.4, -0.2) is 39.9 Å². The van der Waals surface area contributed by atoms with E-state index < -0.39 is 10.0 Å². The standard InChI is InChI=1S/C20H23N3O5S/c1-2-22-29(26,27)17-7-5-15-10-12-23(18(15)14-17)20(25)9-11-21-19(24)8-6-16-4-3-13-28-16/h3-8,13-14,22H,2,9-12H2,1H3,(H,21,24)/b8-6-. The molecule has 0 atom stereocenters. The molecule has 8 nitrogen and oxygen atoms in total. The summed E-state index contributed by atoms with van der Waals surface area (Å²) in [6.07, 6.45) is 5.18. The average molecular weight is 417 g/mol. The highest BCUT2D eigenvalue weighted by atomic mass is 32.2. The summed E-state index contributed by atoms with van der Waals surface area (Å²) in [6, 6.07) is 8.27. The van der Waals surface area contributed by atoms with Crippen LogP contribution in [0.1, 0.15) is 24.7 Å². The summed E-state index contributed by atoms with van der Waals surface area (Å²) in [5, 5.41) is 2.66. The van der Waals surface area contributed by atoms with Gasteiger partial charge in [-0.25, -0.2) is 13.1 Å². The largest absolute Gasteiger partial charge is 0.465 e. The number of nitrogens with one attached hydrogen (secondary N) is 2. The fraction of sp³-hybridized carbons (Fsp3) is 0.300. The summed E-state index contributed by atoms with van der Waals surface area (Å²) in [6.45, 7) is 2.67. The van der Waals surface area contributed by atoms with Gasteiger partial charge in [0.2, 0.25) is 21.8 Å². The Morgan fingerprint density at radius 1 is 1.28 bits per heavy atom. The molecule has 1 aliphatic heterocycles. The van der Waals surface area contributed by atoms with E-state index >= 15 is 0 Å². The van der Waals surface area contributed by atoms with Gasteiger partial charge in [0.15, 0.2) is 0 Å². The number of carbonyl (C=O) groups excluding carboxylic acids is 2. The molecule has 2 aromatic rings. The number of benzene rings is 1. The zero-order valence-corrected chi connectivity index (χ0v) is 16.9. The van der Waals surface area contributed by atoms with Crippen LogP contribution in [0.15, 0.2) is 52.0 Å². The maximum absolute atomic E-state index is 12.6. The van der Waals surface area contributed by atoms with Gasteiger partial charge in [-0.3, -0.25) is 9.59 Å². The van der Waals surface area contributed by atoms with E-state index in [9.17, 15) is 18.0 Å². The van der Waals surface area contributed by atoms with Gasteiger partial charge in [-0.05, 0) is 42.3 Å². The number of nitrogens with zero attached hydrogens (tertiary/aromatic N) is 1. The molecule has 1 aromatic heterocycles. The quantitative estimate of drug-likeness (QED) is 0.636. The highest BCUT2D eigenvalue weighted by molar-refractivity contribution is 7.89. The monoisotopic (exact) mass is 417 g/mol. The maximum Gasteiger partial charge on any atom is 0.244 e. The van der Waals surface area contributed by atoms with Crippen molar-refractivity contribution in [1.82, 2.24) is 10.0 Å². The van der Waals surface area contributed by atoms with E-state index in [0.717, 1.165) is 5.56 Å². The molecule has 154 valence electrons. The van der Waals surface area contributed by atoms with Crippen LogP contribution < -0.4 is 14.9 Å². The third kappa shape index (κ3) is 5.12. The van der Waals surface area contributed by atoms with Crippen molar-refractivity contribution in [1.29, 1.82) is 0 Å². The zero-order chi connectivity index (χ0) is 20.9. The fourth-order valence-corrected chi connectivity index (χ4v) is 4.15. The van der Waals surface area contributed by atoms with Crippen molar-refractivity contribution in [2.45, 2.75) is 24.7 Å². The van der Waals surface area contributed by atoms with Gasteiger partial charge in [-0.15, -0.1) is 0 Å². The van der Waals surface area contributed by atoms with Crippen LogP contribution >= 0.6 is 0 Å². The van der Waals surface area contributed by atoms with Crippen LogP contribution in [-0.2, 0) is 26.0 Å². The summed E-state index contributed by atoms with van der Waals surface area (Å²) in [5.74, 6) is 0.0697. The molecule has 2 heterocycles. The Morgan fingerprint density at radius 2 is 2.10 bits per heavy atom. The Kier molecular flexibility index (Phi) is 6.50. The summed E-state index contributed by atoms with van der Waals surface area (Å²) < 4.78 is 32.0. The van der Waals surface area contributed by atoms with Crippen molar-refractivity contribution in [3.05, 3.63) is 54.0 Å². The molecule has 0 aliphatic carbocycles. The van der Waals surface area contributed by atoms with Gasteiger partial charge in [0.25, 0.3) is 0 Å². The van der Waals surface area contributed by atoms with Gasteiger partial charge in [0, 0.05) is 37.8 Å². The fourth-order valence-electron chi connectivity index (χ4n) is 3.09. The molecule has 0 saturated carbocycles. The lowest BCUT2D eigenvalue weighted by Gasteiger charge is -2.18. The molecule has 29 heavy (non-hydrogen) atoms. The van der Waals surface area contributed by atoms with Gasteiger partial charge in [-0.1, -0.05) is 13.0 Å². The lowest BCUT2D eigenvalue weighted by Crippen LogP contribution is -2.33. The molecule has 3 rings (SSSR count). The molecule has 0 bridgehead atoms. The van der Waals surface area contributed by atoms with Crippen molar-refractivity contribution in [2.75, 3.05) is 24.5 Å². The first kappa shape index (κ1) is 20.8. The summed E-state index contributed by atoms with van der Waals surface area (Å²) in [7, 11) is -3.59. The lowest BCUT2D eigenvalue weighted by atomic mass is 10.2. The molecular formula is C20H23N3O5S. The topological polar surface area (TPSA) is 109 Å². The van der Waals surface area contributed by atoms with Gasteiger partial charge >= 0.3 is 0 Å². The number of anilines is 1. The minimum absolute atomic E-state index is 0.115. The third-order valence-corrected chi connectivity index (χ3v) is 6.02. The second kappa shape index (κ2) is 9.06. The molecule has 2 N–H and O–H groups in total. The predicted octanol–water partition coefficient (Wildman–Crippen LogP) is 1.69. The number of rotatable bonds is 8. The summed E-state index contributed by atoms with van der Waals surface area (Å²) in [5.41, 5.74) is 1.54. The third-order valence-electron chi connectivity index (χ3n) is 4.48. The van der Waals surface area contributed by atoms with Crippen LogP contribution in [0.2, 0.25) is 0 Å². The van der Waals surface area contributed by atoms with E-state index in [1.165, 1.54) is 18.4 Å². The number of hydrogen-bond acceptors (Lipinski definition) is 5. The van der Waals surface area contributed by atoms with Crippen molar-refractivity contribution >= 4 is 33.6 Å². The molecule has 0 unspecified atom stereocenters. The molecule has 1 aliphatic rings. The molecule has 0 spiro atoms. The Labute approximate surface area is 169 Å². The van der Waals surface area contributed by atoms with E-state index in [4.69, 9.17) is 4.42 Å². The molecule has 0 saturated heterocycles. The first-order valence-electron chi connectivity index (χ1n) is 9.33. The van der Waals surface area contributed by atoms with Gasteiger partial charge < -0.3 is 14.6 Å². The van der Waals surface area contributed by atoms with Crippen molar-refractivity contribution in [2.24, 2.45) is 0 Å². The van der Waals surface area contributed by atoms with E-state index in [-0.39, 0.29) is 36.2 Å². The first-order valence-corrected chi connectivity index (χ1v) is 10.8. The van der Waals surface area contributed by atoms with Gasteiger partial charge in [-0.2, -0.15) is 0 Å². The van der Waals surface area contributed by atoms with Gasteiger partial charge in [0.05, 0.1) is 11.2 Å². The smallest absolute Gasteiger partial charge is 0.244 e. The molecule has 1 aromatic carbocycles. The second-order valence-electron chi connectivity index (χ2n) is 6.48. The minimum Gasteiger partial charge on any atom is -0.465 e. The van der Waals surface area contributed by atoms with Crippen LogP contribution in [0.4, 0.5) is 5.69 Å². The van der Waals surface area contributed by atoms with E-state index in [2.05, 4.69) is 10.0 Å². The summed E-state index contributed by atoms with van der Waals surface area (Å²) >= 11 is 0. The summed E-state index contributed by atoms with van der Waals surface area (Å²) in [4.78, 5) is 26.1. The normalized spacial score (nSPS) is 13.6. The predicted molar refractivity (Wildman–Crippen MR) is 109 cm³/mol. The zero-order valence-electron chi connectivity index (χ0n) is 16.1. The number of furan rings is 1. The second-order valence-corrected chi connectivity index (χ2v) is 8.24. The number of carbonyl (C=O) groups is 2. The van der Waals surface area contributed by atoms with E-state index in [1.54, 1.807) is 42.2 Å². The van der Waals surface area contributed by atoms with E-state index in [0.29, 0.717) is 24.4 Å². The van der Waals surface area contributed by atoms with Gasteiger partial charge in [0.1, 0.15) is 5.76 Å². The van der Waals surface area contributed by atoms with Crippen molar-refractivity contribution < 1.29 is 22.4 Å². The number of hydrogen-bond donors (Lipinski definition) is 2. The lowest BCUT2D eigenvalue weighted by molar-refractivity contribution is -0.119. The Hall–Kier alpha value is -2.91. The van der Waals surface area contributed by atoms with Crippen LogP contribution in [0.25, 0.3) is 6.08 Å². The molecular weight excluding hydrogens is 394 g/mol. The Bertz CT molecular complexity index is 1010. The Morgan fingerprint density at radius 3 is 2.83 bits per heavy atom. The van der Waals surface area contributed by atoms with Crippen molar-refractivity contribution in [3.8, 4) is 0 Å². The molecule has 2 amide bonds. The molecule has 0 fully saturated rings. The highest BCUT2D eigenvalue weighted by Crippen LogP contribution is 2.31. The van der Waals surface area contributed by atoms with Crippen molar-refractivity contribution in [3.63, 3.8) is 0 Å². The van der Waals surface area contributed by atoms with Crippen LogP contribution in [0.3, 0.4) is 0 Å². The SMILES string of the molecule is CCNS(=O)(=O)c1ccc2c(c1)N(C(=O)CCNC(=O)/C=C\c1ccco1)CC2. The number of fused-ring (bicyclic) bond motifs is 1. The first-order chi connectivity index (χ1) is 13.9. The number of amides is 2. The van der Waals surface area contributed by atoms with Crippen LogP contribution in [0.5, 0.6) is 0 Å². The highest BCUT2D eigenvalue weighted by Gasteiger charge is 2.26. The average Bonchev–Trinajstić information content (AvgIpc) is 3.35.